The van der Waals surface area contributed by atoms with Crippen molar-refractivity contribution in [1.82, 2.24) is 4.98 Å². The van der Waals surface area contributed by atoms with E-state index in [1.807, 2.05) is 49.4 Å². The zero-order chi connectivity index (χ0) is 21.1. The van der Waals surface area contributed by atoms with Gasteiger partial charge in [0, 0.05) is 16.5 Å². The number of nitriles is 1. The second-order valence-electron chi connectivity index (χ2n) is 6.49. The number of rotatable bonds is 6. The minimum Gasteiger partial charge on any atom is -0.497 e. The number of hydrogen-bond donors (Lipinski definition) is 0. The molecular weight excluding hydrogens is 380 g/mol. The molecule has 0 amide bonds. The summed E-state index contributed by atoms with van der Waals surface area (Å²) in [4.78, 5) is 4.57. The molecule has 0 aliphatic carbocycles. The molecule has 0 saturated carbocycles. The van der Waals surface area contributed by atoms with Gasteiger partial charge in [-0.15, -0.1) is 0 Å². The van der Waals surface area contributed by atoms with E-state index < -0.39 is 0 Å². The Morgan fingerprint density at radius 1 is 1.00 bits per heavy atom. The molecule has 2 heterocycles. The van der Waals surface area contributed by atoms with E-state index in [1.54, 1.807) is 26.4 Å². The van der Waals surface area contributed by atoms with Gasteiger partial charge in [0.2, 0.25) is 5.88 Å². The van der Waals surface area contributed by atoms with Gasteiger partial charge in [-0.3, -0.25) is 0 Å². The first-order valence-corrected chi connectivity index (χ1v) is 9.47. The summed E-state index contributed by atoms with van der Waals surface area (Å²) in [5, 5.41) is 10.9. The van der Waals surface area contributed by atoms with Crippen LogP contribution in [0.3, 0.4) is 0 Å². The third-order valence-corrected chi connectivity index (χ3v) is 4.75. The van der Waals surface area contributed by atoms with E-state index in [0.717, 1.165) is 11.0 Å². The molecule has 30 heavy (non-hydrogen) atoms. The molecule has 4 rings (SSSR count). The molecule has 0 aliphatic rings. The van der Waals surface area contributed by atoms with Gasteiger partial charge in [0.25, 0.3) is 0 Å². The van der Waals surface area contributed by atoms with Crippen molar-refractivity contribution in [3.05, 3.63) is 60.2 Å². The van der Waals surface area contributed by atoms with E-state index in [4.69, 9.17) is 18.6 Å². The number of furan rings is 1. The van der Waals surface area contributed by atoms with Crippen molar-refractivity contribution in [1.29, 1.82) is 5.26 Å². The van der Waals surface area contributed by atoms with Crippen molar-refractivity contribution in [2.75, 3.05) is 20.8 Å². The van der Waals surface area contributed by atoms with E-state index >= 15 is 0 Å². The van der Waals surface area contributed by atoms with Crippen LogP contribution in [0, 0.1) is 11.3 Å². The Kier molecular flexibility index (Phi) is 5.27. The van der Waals surface area contributed by atoms with Crippen LogP contribution in [-0.4, -0.2) is 25.8 Å². The fraction of sp³-hybridized carbons (Fsp3) is 0.167. The molecule has 2 aromatic heterocycles. The summed E-state index contributed by atoms with van der Waals surface area (Å²) < 4.78 is 22.6. The smallest absolute Gasteiger partial charge is 0.232 e. The van der Waals surface area contributed by atoms with Gasteiger partial charge < -0.3 is 18.6 Å². The first kappa shape index (κ1) is 19.3. The van der Waals surface area contributed by atoms with Crippen molar-refractivity contribution >= 4 is 11.0 Å². The quantitative estimate of drug-likeness (QED) is 0.428. The molecule has 6 nitrogen and oxygen atoms in total. The Balaban J connectivity index is 1.99. The number of ether oxygens (including phenoxy) is 3. The largest absolute Gasteiger partial charge is 0.497 e. The standard InChI is InChI=1S/C24H20N2O4/c1-4-29-24-19(14-25)17(18-12-16(27-2)9-10-22(18)28-3)13-20(26-24)23-11-15-7-5-6-8-21(15)30-23/h5-13H,4H2,1-3H3. The summed E-state index contributed by atoms with van der Waals surface area (Å²) >= 11 is 0. The summed E-state index contributed by atoms with van der Waals surface area (Å²) in [6, 6.07) is 19.1. The number of benzene rings is 2. The molecular formula is C24H20N2O4. The molecule has 150 valence electrons. The van der Waals surface area contributed by atoms with Gasteiger partial charge in [0.15, 0.2) is 5.76 Å². The lowest BCUT2D eigenvalue weighted by atomic mass is 9.98. The normalized spacial score (nSPS) is 10.6. The Labute approximate surface area is 174 Å². The minimum absolute atomic E-state index is 0.248. The number of pyridine rings is 1. The molecule has 0 atom stereocenters. The van der Waals surface area contributed by atoms with Crippen molar-refractivity contribution in [2.45, 2.75) is 6.92 Å². The van der Waals surface area contributed by atoms with Gasteiger partial charge in [-0.25, -0.2) is 4.98 Å². The zero-order valence-electron chi connectivity index (χ0n) is 16.9. The Morgan fingerprint density at radius 3 is 2.53 bits per heavy atom. The highest BCUT2D eigenvalue weighted by Crippen LogP contribution is 2.40. The van der Waals surface area contributed by atoms with E-state index in [0.29, 0.717) is 46.3 Å². The minimum atomic E-state index is 0.248. The van der Waals surface area contributed by atoms with Crippen molar-refractivity contribution in [2.24, 2.45) is 0 Å². The molecule has 6 heteroatoms. The monoisotopic (exact) mass is 400 g/mol. The molecule has 2 aromatic carbocycles. The first-order valence-electron chi connectivity index (χ1n) is 9.47. The molecule has 0 N–H and O–H groups in total. The van der Waals surface area contributed by atoms with Crippen LogP contribution in [0.15, 0.2) is 59.0 Å². The highest BCUT2D eigenvalue weighted by molar-refractivity contribution is 5.85. The summed E-state index contributed by atoms with van der Waals surface area (Å²) in [6.07, 6.45) is 0. The number of methoxy groups -OCH3 is 2. The fourth-order valence-electron chi connectivity index (χ4n) is 3.34. The van der Waals surface area contributed by atoms with Crippen molar-refractivity contribution in [3.63, 3.8) is 0 Å². The predicted molar refractivity (Wildman–Crippen MR) is 114 cm³/mol. The lowest BCUT2D eigenvalue weighted by Crippen LogP contribution is -2.01. The SMILES string of the molecule is CCOc1nc(-c2cc3ccccc3o2)cc(-c2cc(OC)ccc2OC)c1C#N. The van der Waals surface area contributed by atoms with E-state index in [-0.39, 0.29) is 5.88 Å². The van der Waals surface area contributed by atoms with Crippen LogP contribution in [-0.2, 0) is 0 Å². The molecule has 0 saturated heterocycles. The summed E-state index contributed by atoms with van der Waals surface area (Å²) in [5.74, 6) is 2.09. The maximum atomic E-state index is 9.89. The van der Waals surface area contributed by atoms with Gasteiger partial charge >= 0.3 is 0 Å². The zero-order valence-corrected chi connectivity index (χ0v) is 16.9. The number of aromatic nitrogens is 1. The van der Waals surface area contributed by atoms with Crippen LogP contribution < -0.4 is 14.2 Å². The third-order valence-electron chi connectivity index (χ3n) is 4.75. The molecule has 0 unspecified atom stereocenters. The molecule has 0 aliphatic heterocycles. The highest BCUT2D eigenvalue weighted by atomic mass is 16.5. The summed E-state index contributed by atoms with van der Waals surface area (Å²) in [7, 11) is 3.18. The van der Waals surface area contributed by atoms with E-state index in [2.05, 4.69) is 11.1 Å². The summed E-state index contributed by atoms with van der Waals surface area (Å²) in [6.45, 7) is 2.22. The van der Waals surface area contributed by atoms with Crippen molar-refractivity contribution < 1.29 is 18.6 Å². The maximum absolute atomic E-state index is 9.89. The molecule has 0 radical (unpaired) electrons. The van der Waals surface area contributed by atoms with E-state index in [9.17, 15) is 5.26 Å². The van der Waals surface area contributed by atoms with Crippen LogP contribution in [0.25, 0.3) is 33.6 Å². The average molecular weight is 400 g/mol. The van der Waals surface area contributed by atoms with Gasteiger partial charge in [-0.05, 0) is 43.3 Å². The molecule has 0 spiro atoms. The van der Waals surface area contributed by atoms with Gasteiger partial charge in [-0.2, -0.15) is 5.26 Å². The van der Waals surface area contributed by atoms with Crippen LogP contribution in [0.1, 0.15) is 12.5 Å². The number of hydrogen-bond acceptors (Lipinski definition) is 6. The molecule has 0 bridgehead atoms. The Morgan fingerprint density at radius 2 is 1.83 bits per heavy atom. The van der Waals surface area contributed by atoms with Gasteiger partial charge in [0.05, 0.1) is 20.8 Å². The average Bonchev–Trinajstić information content (AvgIpc) is 3.22. The maximum Gasteiger partial charge on any atom is 0.232 e. The van der Waals surface area contributed by atoms with Gasteiger partial charge in [-0.1, -0.05) is 18.2 Å². The van der Waals surface area contributed by atoms with Crippen molar-refractivity contribution in [3.8, 4) is 46.0 Å². The lowest BCUT2D eigenvalue weighted by Gasteiger charge is -2.15. The number of nitrogens with zero attached hydrogens (tertiary/aromatic N) is 2. The third kappa shape index (κ3) is 3.42. The number of fused-ring (bicyclic) bond motifs is 1. The fourth-order valence-corrected chi connectivity index (χ4v) is 3.34. The first-order chi connectivity index (χ1) is 14.7. The van der Waals surface area contributed by atoms with Crippen LogP contribution in [0.4, 0.5) is 0 Å². The number of para-hydroxylation sites is 1. The second kappa shape index (κ2) is 8.18. The van der Waals surface area contributed by atoms with Crippen LogP contribution in [0.5, 0.6) is 17.4 Å². The lowest BCUT2D eigenvalue weighted by molar-refractivity contribution is 0.326. The predicted octanol–water partition coefficient (Wildman–Crippen LogP) is 5.45. The second-order valence-corrected chi connectivity index (χ2v) is 6.49. The molecule has 4 aromatic rings. The summed E-state index contributed by atoms with van der Waals surface area (Å²) in [5.41, 5.74) is 2.98. The Bertz CT molecular complexity index is 1220. The van der Waals surface area contributed by atoms with Crippen LogP contribution >= 0.6 is 0 Å². The Hall–Kier alpha value is -3.98. The highest BCUT2D eigenvalue weighted by Gasteiger charge is 2.21. The van der Waals surface area contributed by atoms with Crippen LogP contribution in [0.2, 0.25) is 0 Å². The van der Waals surface area contributed by atoms with Gasteiger partial charge in [0.1, 0.15) is 34.4 Å². The van der Waals surface area contributed by atoms with E-state index in [1.165, 1.54) is 0 Å². The topological polar surface area (TPSA) is 77.5 Å². The molecule has 0 fully saturated rings.